The highest BCUT2D eigenvalue weighted by Gasteiger charge is 2.68. The predicted molar refractivity (Wildman–Crippen MR) is 141 cm³/mol. The molecule has 0 aliphatic carbocycles. The molecule has 0 aliphatic heterocycles. The van der Waals surface area contributed by atoms with Gasteiger partial charge < -0.3 is 29.4 Å². The van der Waals surface area contributed by atoms with Crippen LogP contribution in [0.4, 0.5) is 0 Å². The van der Waals surface area contributed by atoms with Crippen LogP contribution in [0, 0.1) is 52.3 Å². The fourth-order valence-corrected chi connectivity index (χ4v) is 12.8. The van der Waals surface area contributed by atoms with Gasteiger partial charge in [-0.25, -0.2) is 0 Å². The highest BCUT2D eigenvalue weighted by Crippen LogP contribution is 2.74. The van der Waals surface area contributed by atoms with Crippen LogP contribution in [-0.2, 0) is 13.7 Å². The van der Waals surface area contributed by atoms with Crippen molar-refractivity contribution in [3.05, 3.63) is 0 Å². The van der Waals surface area contributed by atoms with Crippen molar-refractivity contribution in [3.8, 4) is 0 Å². The van der Waals surface area contributed by atoms with E-state index in [1.54, 1.807) is 6.92 Å². The Morgan fingerprint density at radius 3 is 1.17 bits per heavy atom. The van der Waals surface area contributed by atoms with Gasteiger partial charge in [0, 0.05) is 0 Å². The Kier molecular flexibility index (Phi) is 12.3. The first-order chi connectivity index (χ1) is 15.4. The molecule has 0 aromatic rings. The van der Waals surface area contributed by atoms with Crippen molar-refractivity contribution in [1.82, 2.24) is 0 Å². The summed E-state index contributed by atoms with van der Waals surface area (Å²) in [5, 5.41) is -2.29. The SMILES string of the molecule is CCC(C(C)C)C(C(C)C)(C(C)C)C(C(C)C)(C(C)CP(=O)(O)O)C(C)C(P(=O)(O)O)P(=O)(O)O. The lowest BCUT2D eigenvalue weighted by Crippen LogP contribution is -2.64. The third-order valence-electron chi connectivity index (χ3n) is 8.69. The lowest BCUT2D eigenvalue weighted by atomic mass is 9.38. The molecule has 0 bridgehead atoms. The second kappa shape index (κ2) is 12.1. The molecule has 0 heterocycles. The molecule has 0 aliphatic rings. The van der Waals surface area contributed by atoms with Gasteiger partial charge in [0.1, 0.15) is 0 Å². The Balaban J connectivity index is 8.24. The topological polar surface area (TPSA) is 173 Å². The Bertz CT molecular complexity index is 794. The van der Waals surface area contributed by atoms with Gasteiger partial charge in [-0.2, -0.15) is 0 Å². The lowest BCUT2D eigenvalue weighted by molar-refractivity contribution is -0.194. The van der Waals surface area contributed by atoms with Crippen LogP contribution in [-0.4, -0.2) is 40.9 Å². The van der Waals surface area contributed by atoms with Gasteiger partial charge in [0.15, 0.2) is 5.40 Å². The molecule has 0 saturated heterocycles. The minimum atomic E-state index is -5.33. The zero-order chi connectivity index (χ0) is 28.5. The van der Waals surface area contributed by atoms with Gasteiger partial charge in [0.05, 0.1) is 6.16 Å². The van der Waals surface area contributed by atoms with Crippen molar-refractivity contribution in [3.63, 3.8) is 0 Å². The van der Waals surface area contributed by atoms with Gasteiger partial charge in [0.25, 0.3) is 0 Å². The Labute approximate surface area is 212 Å². The molecule has 0 fully saturated rings. The van der Waals surface area contributed by atoms with Gasteiger partial charge in [-0.1, -0.05) is 82.6 Å². The summed E-state index contributed by atoms with van der Waals surface area (Å²) in [4.78, 5) is 61.1. The molecule has 0 spiro atoms. The zero-order valence-corrected chi connectivity index (χ0v) is 26.0. The summed E-state index contributed by atoms with van der Waals surface area (Å²) in [6.45, 7) is 21.0. The average molecular weight is 565 g/mol. The van der Waals surface area contributed by atoms with Gasteiger partial charge in [-0.3, -0.25) is 13.7 Å². The summed E-state index contributed by atoms with van der Waals surface area (Å²) >= 11 is 0. The van der Waals surface area contributed by atoms with Gasteiger partial charge in [0.2, 0.25) is 0 Å². The van der Waals surface area contributed by atoms with Crippen LogP contribution in [0.15, 0.2) is 0 Å². The average Bonchev–Trinajstić information content (AvgIpc) is 2.55. The summed E-state index contributed by atoms with van der Waals surface area (Å²) in [7, 11) is -15.3. The van der Waals surface area contributed by atoms with E-state index in [2.05, 4.69) is 13.8 Å². The van der Waals surface area contributed by atoms with Crippen LogP contribution < -0.4 is 0 Å². The maximum atomic E-state index is 12.7. The van der Waals surface area contributed by atoms with Crippen LogP contribution in [0.2, 0.25) is 0 Å². The first-order valence-electron chi connectivity index (χ1n) is 12.5. The van der Waals surface area contributed by atoms with Crippen LogP contribution in [0.3, 0.4) is 0 Å². The maximum Gasteiger partial charge on any atom is 0.340 e. The number of rotatable bonds is 14. The minimum Gasteiger partial charge on any atom is -0.324 e. The molecule has 12 heteroatoms. The lowest BCUT2D eigenvalue weighted by Gasteiger charge is -2.68. The van der Waals surface area contributed by atoms with Gasteiger partial charge in [-0.15, -0.1) is 0 Å². The molecule has 6 N–H and O–H groups in total. The maximum absolute atomic E-state index is 12.7. The minimum absolute atomic E-state index is 0.0548. The molecular formula is C23H51O9P3. The summed E-state index contributed by atoms with van der Waals surface area (Å²) in [6, 6.07) is 0. The smallest absolute Gasteiger partial charge is 0.324 e. The quantitative estimate of drug-likeness (QED) is 0.144. The van der Waals surface area contributed by atoms with E-state index in [1.807, 2.05) is 48.5 Å². The van der Waals surface area contributed by atoms with Gasteiger partial charge in [-0.05, 0) is 52.3 Å². The molecule has 35 heavy (non-hydrogen) atoms. The second-order valence-electron chi connectivity index (χ2n) is 11.7. The number of hydrogen-bond donors (Lipinski definition) is 6. The van der Waals surface area contributed by atoms with Crippen LogP contribution in [0.25, 0.3) is 0 Å². The van der Waals surface area contributed by atoms with Crippen LogP contribution in [0.1, 0.15) is 82.6 Å². The summed E-state index contributed by atoms with van der Waals surface area (Å²) < 4.78 is 37.7. The van der Waals surface area contributed by atoms with E-state index >= 15 is 0 Å². The molecule has 0 saturated carbocycles. The van der Waals surface area contributed by atoms with Crippen LogP contribution >= 0.6 is 22.8 Å². The Hall–Kier alpha value is 0.450. The monoisotopic (exact) mass is 564 g/mol. The molecule has 0 radical (unpaired) electrons. The molecule has 9 nitrogen and oxygen atoms in total. The summed E-state index contributed by atoms with van der Waals surface area (Å²) in [5.41, 5.74) is -2.03. The molecular weight excluding hydrogens is 513 g/mol. The Morgan fingerprint density at radius 1 is 0.629 bits per heavy atom. The van der Waals surface area contributed by atoms with E-state index in [-0.39, 0.29) is 23.7 Å². The van der Waals surface area contributed by atoms with Crippen molar-refractivity contribution < 1.29 is 43.1 Å². The Morgan fingerprint density at radius 2 is 0.971 bits per heavy atom. The largest absolute Gasteiger partial charge is 0.340 e. The van der Waals surface area contributed by atoms with Crippen molar-refractivity contribution >= 4 is 22.8 Å². The van der Waals surface area contributed by atoms with E-state index in [0.717, 1.165) is 0 Å². The highest BCUT2D eigenvalue weighted by molar-refractivity contribution is 7.70. The molecule has 0 rings (SSSR count). The van der Waals surface area contributed by atoms with E-state index in [1.165, 1.54) is 6.92 Å². The molecule has 4 unspecified atom stereocenters. The van der Waals surface area contributed by atoms with Crippen molar-refractivity contribution in [1.29, 1.82) is 0 Å². The third kappa shape index (κ3) is 6.91. The molecule has 0 amide bonds. The fourth-order valence-electron chi connectivity index (χ4n) is 8.60. The first kappa shape index (κ1) is 35.5. The van der Waals surface area contributed by atoms with E-state index < -0.39 is 62.9 Å². The third-order valence-corrected chi connectivity index (χ3v) is 13.8. The van der Waals surface area contributed by atoms with Crippen LogP contribution in [0.5, 0.6) is 0 Å². The normalized spacial score (nSPS) is 19.0. The first-order valence-corrected chi connectivity index (χ1v) is 17.7. The second-order valence-corrected chi connectivity index (χ2v) is 17.3. The zero-order valence-electron chi connectivity index (χ0n) is 23.3. The van der Waals surface area contributed by atoms with E-state index in [9.17, 15) is 43.1 Å². The van der Waals surface area contributed by atoms with Crippen molar-refractivity contribution in [2.75, 3.05) is 6.16 Å². The standard InChI is InChI=1S/C23H51O9P3/c1-12-20(14(2)3)22(15(4)5,16(6)7)23(17(8)9,18(10)13-33(24,25)26)19(11)21(34(27,28)29)35(30,31)32/h14-21H,12-13H2,1-11H3,(H2,24,25,26)(H2,27,28,29)(H2,30,31,32). The van der Waals surface area contributed by atoms with E-state index in [0.29, 0.717) is 6.42 Å². The predicted octanol–water partition coefficient (Wildman–Crippen LogP) is 5.74. The molecule has 0 aromatic carbocycles. The molecule has 4 atom stereocenters. The highest BCUT2D eigenvalue weighted by atomic mass is 31.2. The molecule has 0 aromatic heterocycles. The number of hydrogen-bond acceptors (Lipinski definition) is 3. The summed E-state index contributed by atoms with van der Waals surface area (Å²) in [6.07, 6.45) is 0.134. The van der Waals surface area contributed by atoms with Crippen molar-refractivity contribution in [2.24, 2.45) is 52.3 Å². The molecule has 212 valence electrons. The fraction of sp³-hybridized carbons (Fsp3) is 1.00. The van der Waals surface area contributed by atoms with E-state index in [4.69, 9.17) is 0 Å². The van der Waals surface area contributed by atoms with Crippen molar-refractivity contribution in [2.45, 2.75) is 88.0 Å². The summed E-state index contributed by atoms with van der Waals surface area (Å²) in [5.74, 6) is -2.71. The van der Waals surface area contributed by atoms with Gasteiger partial charge >= 0.3 is 22.8 Å².